The Labute approximate surface area is 127 Å². The van der Waals surface area contributed by atoms with Crippen molar-refractivity contribution in [3.8, 4) is 11.5 Å². The van der Waals surface area contributed by atoms with Gasteiger partial charge in [0.2, 0.25) is 0 Å². The highest BCUT2D eigenvalue weighted by Crippen LogP contribution is 2.24. The predicted molar refractivity (Wildman–Crippen MR) is 83.7 cm³/mol. The molecule has 0 saturated carbocycles. The van der Waals surface area contributed by atoms with Gasteiger partial charge in [0.05, 0.1) is 7.11 Å². The Bertz CT molecular complexity index is 447. The Morgan fingerprint density at radius 3 is 2.71 bits per heavy atom. The molecule has 118 valence electrons. The van der Waals surface area contributed by atoms with Crippen molar-refractivity contribution in [3.63, 3.8) is 0 Å². The first kappa shape index (κ1) is 17.3. The molecule has 5 heteroatoms. The maximum Gasteiger partial charge on any atom is 0.257 e. The van der Waals surface area contributed by atoms with Gasteiger partial charge in [-0.05, 0) is 25.5 Å². The zero-order chi connectivity index (χ0) is 15.7. The van der Waals surface area contributed by atoms with E-state index in [9.17, 15) is 4.79 Å². The van der Waals surface area contributed by atoms with Crippen LogP contribution in [0.4, 0.5) is 0 Å². The number of nitrogens with one attached hydrogen (secondary N) is 2. The third kappa shape index (κ3) is 6.49. The van der Waals surface area contributed by atoms with Crippen molar-refractivity contribution in [1.82, 2.24) is 10.6 Å². The molecule has 0 aliphatic carbocycles. The molecule has 0 saturated heterocycles. The van der Waals surface area contributed by atoms with Crippen LogP contribution in [0.3, 0.4) is 0 Å². The van der Waals surface area contributed by atoms with Gasteiger partial charge in [-0.1, -0.05) is 19.9 Å². The standard InChI is InChI=1S/C16H26N2O3/c1-12(2)7-8-18-16(19)11-21-15-9-14(20-4)6-5-13(15)10-17-3/h5-6,9,12,17H,7-8,10-11H2,1-4H3,(H,18,19). The molecule has 0 aliphatic rings. The quantitative estimate of drug-likeness (QED) is 0.731. The fourth-order valence-corrected chi connectivity index (χ4v) is 1.83. The molecular formula is C16H26N2O3. The summed E-state index contributed by atoms with van der Waals surface area (Å²) in [4.78, 5) is 11.7. The van der Waals surface area contributed by atoms with Gasteiger partial charge >= 0.3 is 0 Å². The van der Waals surface area contributed by atoms with Crippen molar-refractivity contribution < 1.29 is 14.3 Å². The lowest BCUT2D eigenvalue weighted by atomic mass is 10.1. The first-order chi connectivity index (χ1) is 10.1. The first-order valence-electron chi connectivity index (χ1n) is 7.27. The van der Waals surface area contributed by atoms with Gasteiger partial charge in [0, 0.05) is 24.7 Å². The Morgan fingerprint density at radius 1 is 1.33 bits per heavy atom. The SMILES string of the molecule is CNCc1ccc(OC)cc1OCC(=O)NCCC(C)C. The summed E-state index contributed by atoms with van der Waals surface area (Å²) in [7, 11) is 3.47. The summed E-state index contributed by atoms with van der Waals surface area (Å²) in [5.41, 5.74) is 0.994. The lowest BCUT2D eigenvalue weighted by Gasteiger charge is -2.13. The summed E-state index contributed by atoms with van der Waals surface area (Å²) in [6.45, 7) is 5.63. The normalized spacial score (nSPS) is 10.5. The average Bonchev–Trinajstić information content (AvgIpc) is 2.46. The zero-order valence-corrected chi connectivity index (χ0v) is 13.4. The van der Waals surface area contributed by atoms with Crippen LogP contribution < -0.4 is 20.1 Å². The van der Waals surface area contributed by atoms with Crippen molar-refractivity contribution in [1.29, 1.82) is 0 Å². The lowest BCUT2D eigenvalue weighted by Crippen LogP contribution is -2.30. The maximum absolute atomic E-state index is 11.7. The molecule has 2 N–H and O–H groups in total. The number of carbonyl (C=O) groups excluding carboxylic acids is 1. The maximum atomic E-state index is 11.7. The summed E-state index contributed by atoms with van der Waals surface area (Å²) in [6.07, 6.45) is 0.968. The Kier molecular flexibility index (Phi) is 7.61. The zero-order valence-electron chi connectivity index (χ0n) is 13.4. The molecule has 21 heavy (non-hydrogen) atoms. The smallest absolute Gasteiger partial charge is 0.257 e. The molecule has 0 aliphatic heterocycles. The van der Waals surface area contributed by atoms with E-state index < -0.39 is 0 Å². The molecule has 0 radical (unpaired) electrons. The van der Waals surface area contributed by atoms with Gasteiger partial charge in [0.15, 0.2) is 6.61 Å². The molecule has 0 bridgehead atoms. The summed E-state index contributed by atoms with van der Waals surface area (Å²) in [5.74, 6) is 1.86. The fourth-order valence-electron chi connectivity index (χ4n) is 1.83. The molecule has 0 aromatic heterocycles. The molecule has 5 nitrogen and oxygen atoms in total. The molecule has 1 aromatic rings. The summed E-state index contributed by atoms with van der Waals surface area (Å²) in [5, 5.41) is 5.93. The Hall–Kier alpha value is -1.75. The fraction of sp³-hybridized carbons (Fsp3) is 0.562. The third-order valence-corrected chi connectivity index (χ3v) is 3.04. The van der Waals surface area contributed by atoms with E-state index in [0.717, 1.165) is 12.0 Å². The highest BCUT2D eigenvalue weighted by Gasteiger charge is 2.08. The molecule has 0 atom stereocenters. The topological polar surface area (TPSA) is 59.6 Å². The monoisotopic (exact) mass is 294 g/mol. The largest absolute Gasteiger partial charge is 0.497 e. The Balaban J connectivity index is 2.54. The van der Waals surface area contributed by atoms with Crippen LogP contribution in [-0.4, -0.2) is 33.2 Å². The van der Waals surface area contributed by atoms with Gasteiger partial charge in [-0.25, -0.2) is 0 Å². The van der Waals surface area contributed by atoms with E-state index in [0.29, 0.717) is 30.5 Å². The van der Waals surface area contributed by atoms with Gasteiger partial charge in [-0.3, -0.25) is 4.79 Å². The van der Waals surface area contributed by atoms with Gasteiger partial charge < -0.3 is 20.1 Å². The van der Waals surface area contributed by atoms with Crippen LogP contribution >= 0.6 is 0 Å². The van der Waals surface area contributed by atoms with E-state index in [4.69, 9.17) is 9.47 Å². The van der Waals surface area contributed by atoms with Crippen LogP contribution in [0.1, 0.15) is 25.8 Å². The van der Waals surface area contributed by atoms with Crippen LogP contribution in [0.15, 0.2) is 18.2 Å². The second-order valence-corrected chi connectivity index (χ2v) is 5.33. The lowest BCUT2D eigenvalue weighted by molar-refractivity contribution is -0.123. The second kappa shape index (κ2) is 9.23. The summed E-state index contributed by atoms with van der Waals surface area (Å²) >= 11 is 0. The highest BCUT2D eigenvalue weighted by molar-refractivity contribution is 5.77. The van der Waals surface area contributed by atoms with E-state index in [1.54, 1.807) is 13.2 Å². The van der Waals surface area contributed by atoms with Crippen molar-refractivity contribution in [2.24, 2.45) is 5.92 Å². The van der Waals surface area contributed by atoms with Crippen LogP contribution in [-0.2, 0) is 11.3 Å². The van der Waals surface area contributed by atoms with Crippen molar-refractivity contribution in [3.05, 3.63) is 23.8 Å². The van der Waals surface area contributed by atoms with Crippen LogP contribution in [0, 0.1) is 5.92 Å². The van der Waals surface area contributed by atoms with Crippen molar-refractivity contribution in [2.45, 2.75) is 26.8 Å². The molecular weight excluding hydrogens is 268 g/mol. The van der Waals surface area contributed by atoms with Gasteiger partial charge in [-0.15, -0.1) is 0 Å². The van der Waals surface area contributed by atoms with Crippen molar-refractivity contribution in [2.75, 3.05) is 27.3 Å². The number of amides is 1. The molecule has 1 aromatic carbocycles. The second-order valence-electron chi connectivity index (χ2n) is 5.33. The Morgan fingerprint density at radius 2 is 2.10 bits per heavy atom. The van der Waals surface area contributed by atoms with E-state index >= 15 is 0 Å². The molecule has 0 heterocycles. The number of benzene rings is 1. The number of hydrogen-bond acceptors (Lipinski definition) is 4. The third-order valence-electron chi connectivity index (χ3n) is 3.04. The van der Waals surface area contributed by atoms with E-state index in [1.165, 1.54) is 0 Å². The number of rotatable bonds is 9. The molecule has 0 spiro atoms. The predicted octanol–water partition coefficient (Wildman–Crippen LogP) is 1.96. The van der Waals surface area contributed by atoms with Crippen molar-refractivity contribution >= 4 is 5.91 Å². The minimum atomic E-state index is -0.103. The van der Waals surface area contributed by atoms with E-state index in [-0.39, 0.29) is 12.5 Å². The molecule has 1 amide bonds. The molecule has 1 rings (SSSR count). The highest BCUT2D eigenvalue weighted by atomic mass is 16.5. The minimum absolute atomic E-state index is 0.0159. The van der Waals surface area contributed by atoms with Gasteiger partial charge in [0.25, 0.3) is 5.91 Å². The first-order valence-corrected chi connectivity index (χ1v) is 7.27. The average molecular weight is 294 g/mol. The number of ether oxygens (including phenoxy) is 2. The van der Waals surface area contributed by atoms with Crippen LogP contribution in [0.25, 0.3) is 0 Å². The molecule has 0 unspecified atom stereocenters. The number of carbonyl (C=O) groups is 1. The number of methoxy groups -OCH3 is 1. The summed E-state index contributed by atoms with van der Waals surface area (Å²) < 4.78 is 10.8. The molecule has 0 fully saturated rings. The van der Waals surface area contributed by atoms with Crippen LogP contribution in [0.5, 0.6) is 11.5 Å². The number of hydrogen-bond donors (Lipinski definition) is 2. The van der Waals surface area contributed by atoms with Crippen LogP contribution in [0.2, 0.25) is 0 Å². The minimum Gasteiger partial charge on any atom is -0.497 e. The van der Waals surface area contributed by atoms with E-state index in [2.05, 4.69) is 24.5 Å². The van der Waals surface area contributed by atoms with Gasteiger partial charge in [-0.2, -0.15) is 0 Å². The van der Waals surface area contributed by atoms with E-state index in [1.807, 2.05) is 19.2 Å². The van der Waals surface area contributed by atoms with Gasteiger partial charge in [0.1, 0.15) is 11.5 Å². The summed E-state index contributed by atoms with van der Waals surface area (Å²) in [6, 6.07) is 5.61.